The molecule has 0 aliphatic heterocycles. The van der Waals surface area contributed by atoms with Gasteiger partial charge >= 0.3 is 0 Å². The molecule has 0 aliphatic rings. The van der Waals surface area contributed by atoms with Crippen molar-refractivity contribution in [2.24, 2.45) is 4.99 Å². The number of hydrogen-bond acceptors (Lipinski definition) is 5. The highest BCUT2D eigenvalue weighted by Gasteiger charge is 2.11. The molecular weight excluding hydrogens is 336 g/mol. The highest BCUT2D eigenvalue weighted by molar-refractivity contribution is 7.84. The van der Waals surface area contributed by atoms with Gasteiger partial charge in [-0.1, -0.05) is 13.8 Å². The van der Waals surface area contributed by atoms with Crippen LogP contribution in [0.5, 0.6) is 5.75 Å². The molecule has 2 unspecified atom stereocenters. The molecule has 0 aliphatic carbocycles. The molecule has 25 heavy (non-hydrogen) atoms. The molecule has 0 bridgehead atoms. The number of aliphatic hydroxyl groups is 1. The van der Waals surface area contributed by atoms with Gasteiger partial charge in [0.25, 0.3) is 0 Å². The summed E-state index contributed by atoms with van der Waals surface area (Å²) >= 11 is 0. The zero-order chi connectivity index (χ0) is 18.5. The fourth-order valence-electron chi connectivity index (χ4n) is 2.50. The Morgan fingerprint density at radius 1 is 1.28 bits per heavy atom. The molecule has 142 valence electrons. The Morgan fingerprint density at radius 3 is 2.60 bits per heavy atom. The summed E-state index contributed by atoms with van der Waals surface area (Å²) < 4.78 is 17.3. The summed E-state index contributed by atoms with van der Waals surface area (Å²) in [6.07, 6.45) is 3.10. The third-order valence-electron chi connectivity index (χ3n) is 3.79. The third-order valence-corrected chi connectivity index (χ3v) is 5.40. The SMILES string of the molecule is CCCS(=O)CCCN(CC)CC(O)COc1ccc(C=NC)cc1. The molecule has 1 N–H and O–H groups in total. The molecule has 1 aromatic rings. The lowest BCUT2D eigenvalue weighted by molar-refractivity contribution is 0.0700. The molecule has 0 saturated heterocycles. The van der Waals surface area contributed by atoms with Gasteiger partial charge in [0, 0.05) is 42.1 Å². The number of hydrogen-bond donors (Lipinski definition) is 1. The minimum absolute atomic E-state index is 0.263. The minimum atomic E-state index is -0.706. The van der Waals surface area contributed by atoms with Crippen molar-refractivity contribution >= 4 is 17.0 Å². The Hall–Kier alpha value is -1.24. The fraction of sp³-hybridized carbons (Fsp3) is 0.632. The predicted octanol–water partition coefficient (Wildman–Crippen LogP) is 2.35. The van der Waals surface area contributed by atoms with Gasteiger partial charge in [-0.3, -0.25) is 9.20 Å². The smallest absolute Gasteiger partial charge is 0.119 e. The van der Waals surface area contributed by atoms with E-state index in [0.717, 1.165) is 48.7 Å². The van der Waals surface area contributed by atoms with E-state index in [2.05, 4.69) is 23.7 Å². The number of aliphatic imine (C=N–C) groups is 1. The molecular formula is C19H32N2O3S. The van der Waals surface area contributed by atoms with E-state index in [4.69, 9.17) is 4.74 Å². The average molecular weight is 369 g/mol. The van der Waals surface area contributed by atoms with Crippen LogP contribution < -0.4 is 4.74 Å². The van der Waals surface area contributed by atoms with Crippen LogP contribution in [0.15, 0.2) is 29.3 Å². The molecule has 0 aromatic heterocycles. The van der Waals surface area contributed by atoms with Gasteiger partial charge in [-0.2, -0.15) is 0 Å². The minimum Gasteiger partial charge on any atom is -0.491 e. The second-order valence-electron chi connectivity index (χ2n) is 6.02. The second kappa shape index (κ2) is 13.0. The summed E-state index contributed by atoms with van der Waals surface area (Å²) in [5.41, 5.74) is 1.02. The van der Waals surface area contributed by atoms with Crippen LogP contribution >= 0.6 is 0 Å². The van der Waals surface area contributed by atoms with Crippen molar-refractivity contribution in [2.45, 2.75) is 32.8 Å². The van der Waals surface area contributed by atoms with Crippen molar-refractivity contribution in [3.05, 3.63) is 29.8 Å². The van der Waals surface area contributed by atoms with E-state index >= 15 is 0 Å². The standard InChI is InChI=1S/C19H32N2O3S/c1-4-12-25(23)13-6-11-21(5-2)15-18(22)16-24-19-9-7-17(8-10-19)14-20-3/h7-10,14,18,22H,4-6,11-13,15-16H2,1-3H3. The molecule has 0 fully saturated rings. The van der Waals surface area contributed by atoms with Gasteiger partial charge in [0.05, 0.1) is 0 Å². The first-order chi connectivity index (χ1) is 12.1. The highest BCUT2D eigenvalue weighted by Crippen LogP contribution is 2.11. The number of benzene rings is 1. The molecule has 0 heterocycles. The van der Waals surface area contributed by atoms with Crippen LogP contribution in [0.1, 0.15) is 32.3 Å². The predicted molar refractivity (Wildman–Crippen MR) is 106 cm³/mol. The lowest BCUT2D eigenvalue weighted by Gasteiger charge is -2.23. The Morgan fingerprint density at radius 2 is 2.00 bits per heavy atom. The summed E-state index contributed by atoms with van der Waals surface area (Å²) in [7, 11) is 1.03. The number of likely N-dealkylation sites (N-methyl/N-ethyl adjacent to an activating group) is 1. The van der Waals surface area contributed by atoms with Crippen molar-refractivity contribution in [2.75, 3.05) is 44.8 Å². The number of aliphatic hydroxyl groups excluding tert-OH is 1. The van der Waals surface area contributed by atoms with Crippen molar-refractivity contribution < 1.29 is 14.1 Å². The fourth-order valence-corrected chi connectivity index (χ4v) is 3.61. The normalized spacial score (nSPS) is 14.1. The molecule has 1 aromatic carbocycles. The lowest BCUT2D eigenvalue weighted by Crippen LogP contribution is -2.36. The maximum Gasteiger partial charge on any atom is 0.119 e. The summed E-state index contributed by atoms with van der Waals surface area (Å²) in [5.74, 6) is 2.26. The van der Waals surface area contributed by atoms with Gasteiger partial charge in [0.15, 0.2) is 0 Å². The topological polar surface area (TPSA) is 62.1 Å². The zero-order valence-electron chi connectivity index (χ0n) is 15.7. The summed E-state index contributed by atoms with van der Waals surface area (Å²) in [6.45, 7) is 6.68. The molecule has 0 amide bonds. The summed E-state index contributed by atoms with van der Waals surface area (Å²) in [6, 6.07) is 7.63. The van der Waals surface area contributed by atoms with Crippen molar-refractivity contribution in [3.8, 4) is 5.75 Å². The van der Waals surface area contributed by atoms with Gasteiger partial charge in [0.1, 0.15) is 18.5 Å². The van der Waals surface area contributed by atoms with Crippen molar-refractivity contribution in [3.63, 3.8) is 0 Å². The molecule has 5 nitrogen and oxygen atoms in total. The van der Waals surface area contributed by atoms with Gasteiger partial charge in [-0.15, -0.1) is 0 Å². The number of rotatable bonds is 13. The molecule has 0 spiro atoms. The van der Waals surface area contributed by atoms with Crippen molar-refractivity contribution in [1.29, 1.82) is 0 Å². The van der Waals surface area contributed by atoms with Gasteiger partial charge in [-0.05, 0) is 55.8 Å². The average Bonchev–Trinajstić information content (AvgIpc) is 2.60. The largest absolute Gasteiger partial charge is 0.491 e. The van der Waals surface area contributed by atoms with E-state index in [9.17, 15) is 9.32 Å². The quantitative estimate of drug-likeness (QED) is 0.543. The number of ether oxygens (including phenoxy) is 1. The Kier molecular flexibility index (Phi) is 11.4. The molecule has 0 saturated carbocycles. The van der Waals surface area contributed by atoms with E-state index in [1.165, 1.54) is 0 Å². The van der Waals surface area contributed by atoms with Crippen LogP contribution in [-0.2, 0) is 10.8 Å². The molecule has 2 atom stereocenters. The molecule has 1 rings (SSSR count). The second-order valence-corrected chi connectivity index (χ2v) is 7.71. The highest BCUT2D eigenvalue weighted by atomic mass is 32.2. The van der Waals surface area contributed by atoms with E-state index in [1.807, 2.05) is 24.3 Å². The monoisotopic (exact) mass is 368 g/mol. The summed E-state index contributed by atoms with van der Waals surface area (Å²) in [4.78, 5) is 6.15. The Labute approximate surface area is 154 Å². The van der Waals surface area contributed by atoms with Crippen LogP contribution in [0.25, 0.3) is 0 Å². The van der Waals surface area contributed by atoms with Crippen LogP contribution in [0, 0.1) is 0 Å². The van der Waals surface area contributed by atoms with E-state index < -0.39 is 16.9 Å². The first kappa shape index (κ1) is 21.8. The first-order valence-corrected chi connectivity index (χ1v) is 10.5. The van der Waals surface area contributed by atoms with E-state index in [1.54, 1.807) is 13.3 Å². The first-order valence-electron chi connectivity index (χ1n) is 8.99. The Bertz CT molecular complexity index is 520. The van der Waals surface area contributed by atoms with Gasteiger partial charge in [-0.25, -0.2) is 0 Å². The maximum absolute atomic E-state index is 11.7. The van der Waals surface area contributed by atoms with E-state index in [0.29, 0.717) is 6.54 Å². The van der Waals surface area contributed by atoms with Crippen LogP contribution in [-0.4, -0.2) is 71.3 Å². The van der Waals surface area contributed by atoms with Crippen LogP contribution in [0.4, 0.5) is 0 Å². The van der Waals surface area contributed by atoms with Gasteiger partial charge < -0.3 is 14.7 Å². The summed E-state index contributed by atoms with van der Waals surface area (Å²) in [5, 5.41) is 10.2. The zero-order valence-corrected chi connectivity index (χ0v) is 16.5. The van der Waals surface area contributed by atoms with Gasteiger partial charge in [0.2, 0.25) is 0 Å². The number of nitrogens with zero attached hydrogens (tertiary/aromatic N) is 2. The third kappa shape index (κ3) is 9.72. The van der Waals surface area contributed by atoms with Crippen molar-refractivity contribution in [1.82, 2.24) is 4.90 Å². The molecule has 6 heteroatoms. The van der Waals surface area contributed by atoms with E-state index in [-0.39, 0.29) is 6.61 Å². The molecule has 0 radical (unpaired) electrons. The van der Waals surface area contributed by atoms with Crippen LogP contribution in [0.3, 0.4) is 0 Å². The van der Waals surface area contributed by atoms with Crippen LogP contribution in [0.2, 0.25) is 0 Å². The lowest BCUT2D eigenvalue weighted by atomic mass is 10.2. The maximum atomic E-state index is 11.7. The Balaban J connectivity index is 2.30.